The van der Waals surface area contributed by atoms with Crippen LogP contribution in [0, 0.1) is 0 Å². The van der Waals surface area contributed by atoms with E-state index in [1.165, 1.54) is 26.4 Å². The number of hydrogen-bond donors (Lipinski definition) is 1. The van der Waals surface area contributed by atoms with Crippen molar-refractivity contribution in [1.82, 2.24) is 4.98 Å². The fraction of sp³-hybridized carbons (Fsp3) is 0.250. The Kier molecular flexibility index (Phi) is 3.18. The molecule has 0 atom stereocenters. The van der Waals surface area contributed by atoms with Crippen molar-refractivity contribution in [2.45, 2.75) is 6.43 Å². The van der Waals surface area contributed by atoms with Crippen LogP contribution in [0.25, 0.3) is 10.9 Å². The molecular weight excluding hydrogens is 244 g/mol. The van der Waals surface area contributed by atoms with Gasteiger partial charge in [0, 0.05) is 12.1 Å². The van der Waals surface area contributed by atoms with E-state index < -0.39 is 17.5 Å². The second-order valence-electron chi connectivity index (χ2n) is 3.64. The number of nitrogens with one attached hydrogen (secondary N) is 1. The topological polar surface area (TPSA) is 51.3 Å². The maximum absolute atomic E-state index is 12.6. The van der Waals surface area contributed by atoms with Gasteiger partial charge in [0.15, 0.2) is 5.43 Å². The first-order chi connectivity index (χ1) is 8.56. The first kappa shape index (κ1) is 12.3. The molecule has 1 aromatic heterocycles. The molecule has 96 valence electrons. The molecule has 0 aliphatic carbocycles. The van der Waals surface area contributed by atoms with Crippen LogP contribution in [0.3, 0.4) is 0 Å². The second-order valence-corrected chi connectivity index (χ2v) is 3.64. The van der Waals surface area contributed by atoms with Gasteiger partial charge >= 0.3 is 0 Å². The predicted octanol–water partition coefficient (Wildman–Crippen LogP) is 2.48. The molecule has 0 fully saturated rings. The van der Waals surface area contributed by atoms with Crippen LogP contribution in [-0.2, 0) is 0 Å². The number of methoxy groups -OCH3 is 2. The molecule has 0 spiro atoms. The zero-order chi connectivity index (χ0) is 13.3. The van der Waals surface area contributed by atoms with Crippen LogP contribution in [0.1, 0.15) is 12.1 Å². The highest BCUT2D eigenvalue weighted by atomic mass is 19.3. The highest BCUT2D eigenvalue weighted by Crippen LogP contribution is 2.29. The maximum atomic E-state index is 12.6. The standard InChI is InChI=1S/C12H11F2NO3/c1-17-6-3-7-9(16)5-8(12(13)14)15-11(7)10(4-6)18-2/h3-5,12H,1-2H3,(H,15,16). The van der Waals surface area contributed by atoms with E-state index in [9.17, 15) is 13.6 Å². The van der Waals surface area contributed by atoms with Crippen LogP contribution in [0.5, 0.6) is 11.5 Å². The van der Waals surface area contributed by atoms with Gasteiger partial charge in [-0.25, -0.2) is 8.78 Å². The van der Waals surface area contributed by atoms with Gasteiger partial charge in [-0.1, -0.05) is 0 Å². The van der Waals surface area contributed by atoms with E-state index in [2.05, 4.69) is 4.98 Å². The normalized spacial score (nSPS) is 10.9. The van der Waals surface area contributed by atoms with Crippen molar-refractivity contribution in [1.29, 1.82) is 0 Å². The van der Waals surface area contributed by atoms with Crippen molar-refractivity contribution in [3.8, 4) is 11.5 Å². The second kappa shape index (κ2) is 4.64. The van der Waals surface area contributed by atoms with E-state index in [0.717, 1.165) is 6.07 Å². The summed E-state index contributed by atoms with van der Waals surface area (Å²) in [6.45, 7) is 0. The van der Waals surface area contributed by atoms with Crippen LogP contribution in [0.15, 0.2) is 23.0 Å². The van der Waals surface area contributed by atoms with Gasteiger partial charge in [0.1, 0.15) is 11.5 Å². The summed E-state index contributed by atoms with van der Waals surface area (Å²) in [4.78, 5) is 14.3. The first-order valence-electron chi connectivity index (χ1n) is 5.14. The Labute approximate surface area is 101 Å². The molecule has 0 radical (unpaired) electrons. The smallest absolute Gasteiger partial charge is 0.278 e. The van der Waals surface area contributed by atoms with Gasteiger partial charge in [-0.2, -0.15) is 0 Å². The minimum atomic E-state index is -2.74. The van der Waals surface area contributed by atoms with Gasteiger partial charge in [0.2, 0.25) is 0 Å². The molecule has 18 heavy (non-hydrogen) atoms. The third-order valence-electron chi connectivity index (χ3n) is 2.59. The fourth-order valence-corrected chi connectivity index (χ4v) is 1.71. The Morgan fingerprint density at radius 3 is 2.44 bits per heavy atom. The number of aromatic amines is 1. The summed E-state index contributed by atoms with van der Waals surface area (Å²) in [5.41, 5.74) is -0.701. The Bertz CT molecular complexity index is 637. The van der Waals surface area contributed by atoms with E-state index in [-0.39, 0.29) is 16.7 Å². The molecule has 0 aliphatic heterocycles. The molecule has 0 bridgehead atoms. The monoisotopic (exact) mass is 255 g/mol. The Morgan fingerprint density at radius 1 is 1.17 bits per heavy atom. The summed E-state index contributed by atoms with van der Waals surface area (Å²) in [6, 6.07) is 3.88. The molecule has 0 amide bonds. The number of rotatable bonds is 3. The lowest BCUT2D eigenvalue weighted by Crippen LogP contribution is -2.07. The van der Waals surface area contributed by atoms with E-state index in [1.54, 1.807) is 0 Å². The number of H-pyrrole nitrogens is 1. The zero-order valence-electron chi connectivity index (χ0n) is 9.79. The van der Waals surface area contributed by atoms with E-state index in [0.29, 0.717) is 5.75 Å². The van der Waals surface area contributed by atoms with Crippen LogP contribution < -0.4 is 14.9 Å². The Morgan fingerprint density at radius 2 is 1.89 bits per heavy atom. The number of alkyl halides is 2. The molecule has 2 rings (SSSR count). The molecule has 1 N–H and O–H groups in total. The number of fused-ring (bicyclic) bond motifs is 1. The largest absolute Gasteiger partial charge is 0.497 e. The molecule has 2 aromatic rings. The van der Waals surface area contributed by atoms with Gasteiger partial charge in [-0.15, -0.1) is 0 Å². The molecule has 0 unspecified atom stereocenters. The highest BCUT2D eigenvalue weighted by molar-refractivity contribution is 5.86. The molecular formula is C12H11F2NO3. The fourth-order valence-electron chi connectivity index (χ4n) is 1.71. The Hall–Kier alpha value is -2.11. The van der Waals surface area contributed by atoms with Crippen molar-refractivity contribution < 1.29 is 18.3 Å². The van der Waals surface area contributed by atoms with Crippen molar-refractivity contribution in [2.75, 3.05) is 14.2 Å². The Balaban J connectivity index is 2.83. The quantitative estimate of drug-likeness (QED) is 0.916. The summed E-state index contributed by atoms with van der Waals surface area (Å²) in [7, 11) is 2.84. The first-order valence-corrected chi connectivity index (χ1v) is 5.14. The SMILES string of the molecule is COc1cc(OC)c2[nH]c(C(F)F)cc(=O)c2c1. The van der Waals surface area contributed by atoms with E-state index in [4.69, 9.17) is 9.47 Å². The molecule has 0 saturated carbocycles. The summed E-state index contributed by atoms with van der Waals surface area (Å²) in [5, 5.41) is 0.246. The van der Waals surface area contributed by atoms with Crippen LogP contribution in [0.4, 0.5) is 8.78 Å². The molecule has 0 saturated heterocycles. The number of halogens is 2. The average molecular weight is 255 g/mol. The molecule has 1 aromatic carbocycles. The lowest BCUT2D eigenvalue weighted by atomic mass is 10.1. The molecule has 0 aliphatic rings. The van der Waals surface area contributed by atoms with Gasteiger partial charge < -0.3 is 14.5 Å². The van der Waals surface area contributed by atoms with Gasteiger partial charge in [0.25, 0.3) is 6.43 Å². The predicted molar refractivity (Wildman–Crippen MR) is 62.6 cm³/mol. The minimum Gasteiger partial charge on any atom is -0.497 e. The summed E-state index contributed by atoms with van der Waals surface area (Å²) in [6.07, 6.45) is -2.74. The van der Waals surface area contributed by atoms with Crippen LogP contribution in [0.2, 0.25) is 0 Å². The molecule has 4 nitrogen and oxygen atoms in total. The number of ether oxygens (including phenoxy) is 2. The summed E-state index contributed by atoms with van der Waals surface area (Å²) in [5.74, 6) is 0.707. The zero-order valence-corrected chi connectivity index (χ0v) is 9.79. The van der Waals surface area contributed by atoms with Crippen molar-refractivity contribution in [3.05, 3.63) is 34.1 Å². The van der Waals surface area contributed by atoms with E-state index in [1.807, 2.05) is 0 Å². The summed E-state index contributed by atoms with van der Waals surface area (Å²) >= 11 is 0. The van der Waals surface area contributed by atoms with Crippen LogP contribution >= 0.6 is 0 Å². The number of benzene rings is 1. The minimum absolute atomic E-state index is 0.237. The number of aromatic nitrogens is 1. The maximum Gasteiger partial charge on any atom is 0.278 e. The lowest BCUT2D eigenvalue weighted by Gasteiger charge is -2.10. The van der Waals surface area contributed by atoms with Crippen LogP contribution in [-0.4, -0.2) is 19.2 Å². The lowest BCUT2D eigenvalue weighted by molar-refractivity contribution is 0.146. The van der Waals surface area contributed by atoms with Crippen molar-refractivity contribution in [2.24, 2.45) is 0 Å². The third kappa shape index (κ3) is 2.01. The summed E-state index contributed by atoms with van der Waals surface area (Å²) < 4.78 is 35.3. The van der Waals surface area contributed by atoms with Gasteiger partial charge in [-0.05, 0) is 6.07 Å². The third-order valence-corrected chi connectivity index (χ3v) is 2.59. The van der Waals surface area contributed by atoms with Gasteiger partial charge in [-0.3, -0.25) is 4.79 Å². The van der Waals surface area contributed by atoms with Crippen molar-refractivity contribution >= 4 is 10.9 Å². The number of hydrogen-bond acceptors (Lipinski definition) is 3. The van der Waals surface area contributed by atoms with Gasteiger partial charge in [0.05, 0.1) is 30.8 Å². The number of pyridine rings is 1. The molecule has 6 heteroatoms. The highest BCUT2D eigenvalue weighted by Gasteiger charge is 2.14. The molecule has 1 heterocycles. The van der Waals surface area contributed by atoms with Crippen molar-refractivity contribution in [3.63, 3.8) is 0 Å². The average Bonchev–Trinajstić information content (AvgIpc) is 2.37. The van der Waals surface area contributed by atoms with E-state index >= 15 is 0 Å².